The zero-order valence-electron chi connectivity index (χ0n) is 17.8. The second-order valence-electron chi connectivity index (χ2n) is 9.70. The first-order valence-corrected chi connectivity index (χ1v) is 12.1. The van der Waals surface area contributed by atoms with E-state index in [-0.39, 0.29) is 24.0 Å². The molecule has 2 fully saturated rings. The van der Waals surface area contributed by atoms with Gasteiger partial charge < -0.3 is 21.1 Å². The van der Waals surface area contributed by atoms with Crippen LogP contribution in [0.4, 0.5) is 0 Å². The fourth-order valence-electron chi connectivity index (χ4n) is 6.38. The lowest BCUT2D eigenvalue weighted by atomic mass is 9.55. The Kier molecular flexibility index (Phi) is 7.61. The van der Waals surface area contributed by atoms with Gasteiger partial charge in [0.1, 0.15) is 0 Å². The van der Waals surface area contributed by atoms with Crippen LogP contribution in [-0.4, -0.2) is 34.6 Å². The van der Waals surface area contributed by atoms with Crippen molar-refractivity contribution in [3.8, 4) is 0 Å². The lowest BCUT2D eigenvalue weighted by Crippen LogP contribution is -2.48. The molecule has 2 aliphatic rings. The number of thiophene rings is 1. The van der Waals surface area contributed by atoms with Crippen LogP contribution >= 0.6 is 11.3 Å². The zero-order valence-corrected chi connectivity index (χ0v) is 18.6. The van der Waals surface area contributed by atoms with Gasteiger partial charge in [-0.25, -0.2) is 0 Å². The third kappa shape index (κ3) is 4.64. The summed E-state index contributed by atoms with van der Waals surface area (Å²) in [4.78, 5) is 1.07. The Balaban J connectivity index is 1.85. The highest BCUT2D eigenvalue weighted by Crippen LogP contribution is 2.55. The average Bonchev–Trinajstić information content (AvgIpc) is 3.38. The van der Waals surface area contributed by atoms with Gasteiger partial charge in [-0.3, -0.25) is 0 Å². The van der Waals surface area contributed by atoms with E-state index in [0.29, 0.717) is 30.7 Å². The van der Waals surface area contributed by atoms with Crippen LogP contribution < -0.4 is 5.73 Å². The van der Waals surface area contributed by atoms with Gasteiger partial charge in [0.25, 0.3) is 0 Å². The summed E-state index contributed by atoms with van der Waals surface area (Å²) in [5.74, 6) is 1.13. The molecule has 0 saturated heterocycles. The predicted molar refractivity (Wildman–Crippen MR) is 120 cm³/mol. The Morgan fingerprint density at radius 3 is 2.79 bits per heavy atom. The standard InChI is InChI=1S/C24H39NO3S/c1-3-4-6-21(23(2)10-9-19(27)13-18(23)16-26)20(15-25)17-8-11-24(28,14-17)22-7-5-12-29-22/h3,5,7,12,17-21,26-28H,1,4,6,8-11,13-16,25H2,2H3/t17-,18-,19+,20+,21+,23+,24+/m1/s1. The third-order valence-corrected chi connectivity index (χ3v) is 9.22. The van der Waals surface area contributed by atoms with Crippen molar-refractivity contribution in [3.05, 3.63) is 35.0 Å². The molecule has 4 nitrogen and oxygen atoms in total. The SMILES string of the molecule is C=CCC[C@@H]([C@@H](CN)[C@@H]1CC[C@@](O)(c2cccs2)C1)[C@@]1(C)CC[C@H](O)C[C@@H]1CO. The molecule has 5 heteroatoms. The van der Waals surface area contributed by atoms with Crippen molar-refractivity contribution in [3.63, 3.8) is 0 Å². The van der Waals surface area contributed by atoms with Crippen LogP contribution in [-0.2, 0) is 5.60 Å². The molecular formula is C24H39NO3S. The van der Waals surface area contributed by atoms with Gasteiger partial charge in [0.2, 0.25) is 0 Å². The fraction of sp³-hybridized carbons (Fsp3) is 0.750. The number of aliphatic hydroxyl groups excluding tert-OH is 2. The van der Waals surface area contributed by atoms with E-state index < -0.39 is 5.60 Å². The molecule has 0 amide bonds. The first kappa shape index (κ1) is 23.0. The molecular weight excluding hydrogens is 382 g/mol. The molecule has 0 unspecified atom stereocenters. The van der Waals surface area contributed by atoms with Gasteiger partial charge in [-0.15, -0.1) is 17.9 Å². The zero-order chi connectivity index (χ0) is 21.1. The number of allylic oxidation sites excluding steroid dienone is 1. The molecule has 29 heavy (non-hydrogen) atoms. The summed E-state index contributed by atoms with van der Waals surface area (Å²) in [5.41, 5.74) is 5.62. The van der Waals surface area contributed by atoms with E-state index in [1.807, 2.05) is 23.6 Å². The van der Waals surface area contributed by atoms with Crippen LogP contribution in [0.15, 0.2) is 30.2 Å². The van der Waals surface area contributed by atoms with E-state index in [0.717, 1.165) is 49.8 Å². The van der Waals surface area contributed by atoms with Gasteiger partial charge in [0.05, 0.1) is 11.7 Å². The van der Waals surface area contributed by atoms with Gasteiger partial charge in [-0.05, 0) is 98.4 Å². The fourth-order valence-corrected chi connectivity index (χ4v) is 7.24. The lowest BCUT2D eigenvalue weighted by molar-refractivity contribution is -0.0685. The van der Waals surface area contributed by atoms with Gasteiger partial charge in [0.15, 0.2) is 0 Å². The molecule has 2 saturated carbocycles. The Labute approximate surface area is 179 Å². The molecule has 7 atom stereocenters. The van der Waals surface area contributed by atoms with Crippen molar-refractivity contribution < 1.29 is 15.3 Å². The monoisotopic (exact) mass is 421 g/mol. The summed E-state index contributed by atoms with van der Waals surface area (Å²) in [6.45, 7) is 6.95. The van der Waals surface area contributed by atoms with Crippen LogP contribution in [0.1, 0.15) is 63.2 Å². The number of nitrogens with two attached hydrogens (primary N) is 1. The summed E-state index contributed by atoms with van der Waals surface area (Å²) in [7, 11) is 0. The summed E-state index contributed by atoms with van der Waals surface area (Å²) < 4.78 is 0. The van der Waals surface area contributed by atoms with E-state index in [4.69, 9.17) is 5.73 Å². The Morgan fingerprint density at radius 2 is 2.17 bits per heavy atom. The topological polar surface area (TPSA) is 86.7 Å². The molecule has 0 radical (unpaired) electrons. The summed E-state index contributed by atoms with van der Waals surface area (Å²) in [6.07, 6.45) is 8.52. The van der Waals surface area contributed by atoms with Crippen molar-refractivity contribution in [2.45, 2.75) is 70.0 Å². The predicted octanol–water partition coefficient (Wildman–Crippen LogP) is 4.05. The van der Waals surface area contributed by atoms with Crippen LogP contribution in [0, 0.1) is 29.1 Å². The van der Waals surface area contributed by atoms with Crippen molar-refractivity contribution in [1.82, 2.24) is 0 Å². The van der Waals surface area contributed by atoms with E-state index in [9.17, 15) is 15.3 Å². The molecule has 0 aromatic carbocycles. The molecule has 5 N–H and O–H groups in total. The van der Waals surface area contributed by atoms with Crippen molar-refractivity contribution in [2.75, 3.05) is 13.2 Å². The van der Waals surface area contributed by atoms with Gasteiger partial charge in [-0.1, -0.05) is 19.1 Å². The number of hydrogen-bond donors (Lipinski definition) is 4. The first-order valence-electron chi connectivity index (χ1n) is 11.2. The second kappa shape index (κ2) is 9.61. The Morgan fingerprint density at radius 1 is 1.38 bits per heavy atom. The normalized spacial score (nSPS) is 37.3. The smallest absolute Gasteiger partial charge is 0.0990 e. The molecule has 1 heterocycles. The molecule has 0 aliphatic heterocycles. The van der Waals surface area contributed by atoms with Crippen LogP contribution in [0.5, 0.6) is 0 Å². The van der Waals surface area contributed by atoms with E-state index >= 15 is 0 Å². The van der Waals surface area contributed by atoms with E-state index in [2.05, 4.69) is 13.5 Å². The van der Waals surface area contributed by atoms with Crippen LogP contribution in [0.3, 0.4) is 0 Å². The molecule has 1 aromatic heterocycles. The average molecular weight is 422 g/mol. The first-order chi connectivity index (χ1) is 13.9. The maximum atomic E-state index is 11.3. The maximum Gasteiger partial charge on any atom is 0.0990 e. The molecule has 0 spiro atoms. The maximum absolute atomic E-state index is 11.3. The summed E-state index contributed by atoms with van der Waals surface area (Å²) >= 11 is 1.64. The minimum atomic E-state index is -0.727. The Hall–Kier alpha value is -0.720. The third-order valence-electron chi connectivity index (χ3n) is 8.16. The van der Waals surface area contributed by atoms with Crippen molar-refractivity contribution in [1.29, 1.82) is 0 Å². The number of aliphatic hydroxyl groups is 3. The van der Waals surface area contributed by atoms with Crippen molar-refractivity contribution in [2.24, 2.45) is 34.8 Å². The lowest BCUT2D eigenvalue weighted by Gasteiger charge is -2.51. The van der Waals surface area contributed by atoms with Crippen molar-refractivity contribution >= 4 is 11.3 Å². The minimum absolute atomic E-state index is 0.0509. The van der Waals surface area contributed by atoms with Gasteiger partial charge >= 0.3 is 0 Å². The highest BCUT2D eigenvalue weighted by Gasteiger charge is 2.50. The Bertz CT molecular complexity index is 651. The molecule has 1 aromatic rings. The van der Waals surface area contributed by atoms with E-state index in [1.54, 1.807) is 11.3 Å². The highest BCUT2D eigenvalue weighted by atomic mass is 32.1. The molecule has 2 aliphatic carbocycles. The largest absolute Gasteiger partial charge is 0.396 e. The molecule has 3 rings (SSSR count). The van der Waals surface area contributed by atoms with Gasteiger partial charge in [-0.2, -0.15) is 0 Å². The highest BCUT2D eigenvalue weighted by molar-refractivity contribution is 7.10. The minimum Gasteiger partial charge on any atom is -0.396 e. The summed E-state index contributed by atoms with van der Waals surface area (Å²) in [5, 5.41) is 33.7. The van der Waals surface area contributed by atoms with E-state index in [1.165, 1.54) is 0 Å². The molecule has 164 valence electrons. The molecule has 0 bridgehead atoms. The number of hydrogen-bond acceptors (Lipinski definition) is 5. The second-order valence-corrected chi connectivity index (χ2v) is 10.6. The number of rotatable bonds is 9. The summed E-state index contributed by atoms with van der Waals surface area (Å²) in [6, 6.07) is 4.06. The quantitative estimate of drug-likeness (QED) is 0.453. The van der Waals surface area contributed by atoms with Crippen LogP contribution in [0.2, 0.25) is 0 Å². The van der Waals surface area contributed by atoms with Crippen LogP contribution in [0.25, 0.3) is 0 Å². The van der Waals surface area contributed by atoms with Gasteiger partial charge in [0, 0.05) is 11.5 Å².